The van der Waals surface area contributed by atoms with Crippen molar-refractivity contribution in [3.8, 4) is 11.1 Å². The molecule has 9 heteroatoms. The lowest BCUT2D eigenvalue weighted by molar-refractivity contribution is 0.312. The zero-order valence-electron chi connectivity index (χ0n) is 18.9. The first-order valence-corrected chi connectivity index (χ1v) is 11.2. The van der Waals surface area contributed by atoms with Crippen LogP contribution < -0.4 is 4.90 Å². The Bertz CT molecular complexity index is 1390. The molecule has 168 valence electrons. The first-order valence-electron chi connectivity index (χ1n) is 11.2. The van der Waals surface area contributed by atoms with Gasteiger partial charge >= 0.3 is 0 Å². The van der Waals surface area contributed by atoms with Crippen molar-refractivity contribution in [2.24, 2.45) is 12.0 Å². The molecule has 2 aliphatic rings. The molecule has 0 spiro atoms. The van der Waals surface area contributed by atoms with Crippen LogP contribution in [0, 0.1) is 5.82 Å². The average molecular weight is 445 g/mol. The fourth-order valence-corrected chi connectivity index (χ4v) is 4.73. The molecule has 6 rings (SSSR count). The molecule has 8 nitrogen and oxygen atoms in total. The summed E-state index contributed by atoms with van der Waals surface area (Å²) in [4.78, 5) is 22.5. The Labute approximate surface area is 190 Å². The largest absolute Gasteiger partial charge is 0.352 e. The van der Waals surface area contributed by atoms with Crippen LogP contribution >= 0.6 is 0 Å². The molecule has 0 unspecified atom stereocenters. The predicted molar refractivity (Wildman–Crippen MR) is 126 cm³/mol. The Morgan fingerprint density at radius 1 is 1.09 bits per heavy atom. The third kappa shape index (κ3) is 3.31. The molecule has 1 fully saturated rings. The van der Waals surface area contributed by atoms with Crippen LogP contribution in [-0.2, 0) is 7.05 Å². The van der Waals surface area contributed by atoms with Crippen LogP contribution in [0.15, 0.2) is 41.8 Å². The minimum Gasteiger partial charge on any atom is -0.352 e. The average Bonchev–Trinajstić information content (AvgIpc) is 3.51. The predicted octanol–water partition coefficient (Wildman–Crippen LogP) is 3.16. The van der Waals surface area contributed by atoms with Crippen LogP contribution in [0.1, 0.15) is 29.9 Å². The van der Waals surface area contributed by atoms with E-state index in [0.29, 0.717) is 11.4 Å². The maximum atomic E-state index is 15.0. The molecule has 1 N–H and O–H groups in total. The third-order valence-corrected chi connectivity index (χ3v) is 6.59. The standard InChI is InChI=1S/C24H25FN8/c1-14-16-11-19(25)17(15-12-27-32(3)13-15)10-18(16)21(28-14)23-29-20-4-5-26-24(22(20)30-23)33-8-6-31(2)7-9-33/h4-5,10-14H,6-9H2,1-3H3,(H,29,30)/t14-/m0/s1. The maximum Gasteiger partial charge on any atom is 0.157 e. The topological polar surface area (TPSA) is 78.2 Å². The number of pyridine rings is 1. The molecule has 1 atom stereocenters. The van der Waals surface area contributed by atoms with E-state index in [4.69, 9.17) is 9.98 Å². The van der Waals surface area contributed by atoms with Crippen LogP contribution in [0.2, 0.25) is 0 Å². The van der Waals surface area contributed by atoms with Crippen LogP contribution in [0.25, 0.3) is 22.2 Å². The highest BCUT2D eigenvalue weighted by molar-refractivity contribution is 6.15. The highest BCUT2D eigenvalue weighted by atomic mass is 19.1. The Morgan fingerprint density at radius 3 is 2.67 bits per heavy atom. The van der Waals surface area contributed by atoms with E-state index in [2.05, 4.69) is 31.9 Å². The van der Waals surface area contributed by atoms with E-state index < -0.39 is 0 Å². The van der Waals surface area contributed by atoms with Crippen LogP contribution in [0.3, 0.4) is 0 Å². The zero-order chi connectivity index (χ0) is 22.7. The first kappa shape index (κ1) is 20.0. The Kier molecular flexibility index (Phi) is 4.55. The number of aromatic amines is 1. The number of rotatable bonds is 3. The minimum absolute atomic E-state index is 0.143. The van der Waals surface area contributed by atoms with E-state index in [1.165, 1.54) is 0 Å². The summed E-state index contributed by atoms with van der Waals surface area (Å²) in [6.45, 7) is 5.80. The number of aryl methyl sites for hydroxylation is 1. The zero-order valence-corrected chi connectivity index (χ0v) is 18.9. The minimum atomic E-state index is -0.267. The lowest BCUT2D eigenvalue weighted by atomic mass is 9.96. The molecular weight excluding hydrogens is 419 g/mol. The molecule has 0 saturated carbocycles. The Balaban J connectivity index is 1.43. The number of piperazine rings is 1. The molecule has 1 aromatic carbocycles. The monoisotopic (exact) mass is 444 g/mol. The number of halogens is 1. The number of fused-ring (bicyclic) bond motifs is 2. The van der Waals surface area contributed by atoms with Gasteiger partial charge in [0, 0.05) is 62.3 Å². The van der Waals surface area contributed by atoms with Crippen LogP contribution in [-0.4, -0.2) is 68.6 Å². The van der Waals surface area contributed by atoms with E-state index in [1.54, 1.807) is 16.9 Å². The van der Waals surface area contributed by atoms with E-state index in [1.807, 2.05) is 38.5 Å². The van der Waals surface area contributed by atoms with Crippen LogP contribution in [0.5, 0.6) is 0 Å². The van der Waals surface area contributed by atoms with E-state index >= 15 is 0 Å². The van der Waals surface area contributed by atoms with E-state index in [0.717, 1.165) is 65.4 Å². The van der Waals surface area contributed by atoms with Crippen molar-refractivity contribution in [1.82, 2.24) is 29.6 Å². The van der Waals surface area contributed by atoms with Gasteiger partial charge < -0.3 is 14.8 Å². The maximum absolute atomic E-state index is 15.0. The molecule has 3 aromatic heterocycles. The van der Waals surface area contributed by atoms with Gasteiger partial charge in [0.2, 0.25) is 0 Å². The number of nitrogens with zero attached hydrogens (tertiary/aromatic N) is 7. The van der Waals surface area contributed by atoms with Gasteiger partial charge in [0.1, 0.15) is 17.0 Å². The van der Waals surface area contributed by atoms with Gasteiger partial charge in [-0.1, -0.05) is 0 Å². The van der Waals surface area contributed by atoms with Gasteiger partial charge in [0.25, 0.3) is 0 Å². The van der Waals surface area contributed by atoms with Crippen molar-refractivity contribution in [2.45, 2.75) is 13.0 Å². The number of aromatic nitrogens is 5. The number of aliphatic imine (C=N–C) groups is 1. The van der Waals surface area contributed by atoms with Gasteiger partial charge in [-0.15, -0.1) is 0 Å². The smallest absolute Gasteiger partial charge is 0.157 e. The summed E-state index contributed by atoms with van der Waals surface area (Å²) in [6, 6.07) is 5.27. The number of hydrogen-bond donors (Lipinski definition) is 1. The molecule has 0 amide bonds. The summed E-state index contributed by atoms with van der Waals surface area (Å²) in [5.41, 5.74) is 5.54. The summed E-state index contributed by atoms with van der Waals surface area (Å²) in [5.74, 6) is 1.31. The molecule has 2 aliphatic heterocycles. The summed E-state index contributed by atoms with van der Waals surface area (Å²) < 4.78 is 16.6. The third-order valence-electron chi connectivity index (χ3n) is 6.59. The molecule has 0 aliphatic carbocycles. The van der Waals surface area contributed by atoms with Crippen molar-refractivity contribution < 1.29 is 4.39 Å². The lowest BCUT2D eigenvalue weighted by Gasteiger charge is -2.33. The number of hydrogen-bond acceptors (Lipinski definition) is 6. The summed E-state index contributed by atoms with van der Waals surface area (Å²) in [7, 11) is 3.96. The van der Waals surface area contributed by atoms with Gasteiger partial charge in [-0.2, -0.15) is 5.10 Å². The van der Waals surface area contributed by atoms with Crippen molar-refractivity contribution in [1.29, 1.82) is 0 Å². The second-order valence-corrected chi connectivity index (χ2v) is 8.88. The fraction of sp³-hybridized carbons (Fsp3) is 0.333. The van der Waals surface area contributed by atoms with Gasteiger partial charge in [0.05, 0.1) is 17.8 Å². The number of nitrogens with one attached hydrogen (secondary N) is 1. The van der Waals surface area contributed by atoms with Gasteiger partial charge in [-0.05, 0) is 37.7 Å². The SMILES string of the molecule is C[C@@H]1N=C(c2nc3c(N4CCN(C)CC4)nccc3[nH]2)c2cc(-c3cnn(C)c3)c(F)cc21. The second-order valence-electron chi connectivity index (χ2n) is 8.88. The molecular formula is C24H25FN8. The molecule has 0 radical (unpaired) electrons. The second kappa shape index (κ2) is 7.48. The summed E-state index contributed by atoms with van der Waals surface area (Å²) >= 11 is 0. The highest BCUT2D eigenvalue weighted by Gasteiger charge is 2.28. The van der Waals surface area contributed by atoms with Gasteiger partial charge in [0.15, 0.2) is 11.6 Å². The molecule has 5 heterocycles. The van der Waals surface area contributed by atoms with Crippen molar-refractivity contribution in [3.63, 3.8) is 0 Å². The van der Waals surface area contributed by atoms with Crippen molar-refractivity contribution >= 4 is 22.6 Å². The molecule has 1 saturated heterocycles. The summed E-state index contributed by atoms with van der Waals surface area (Å²) in [5, 5.41) is 4.19. The number of imidazole rings is 1. The van der Waals surface area contributed by atoms with E-state index in [9.17, 15) is 4.39 Å². The first-order chi connectivity index (χ1) is 16.0. The number of likely N-dealkylation sites (N-methyl/N-ethyl adjacent to an activating group) is 1. The summed E-state index contributed by atoms with van der Waals surface area (Å²) in [6.07, 6.45) is 5.31. The number of anilines is 1. The van der Waals surface area contributed by atoms with E-state index in [-0.39, 0.29) is 11.9 Å². The quantitative estimate of drug-likeness (QED) is 0.525. The highest BCUT2D eigenvalue weighted by Crippen LogP contribution is 2.36. The molecule has 0 bridgehead atoms. The van der Waals surface area contributed by atoms with Crippen molar-refractivity contribution in [2.75, 3.05) is 38.1 Å². The Morgan fingerprint density at radius 2 is 1.91 bits per heavy atom. The molecule has 33 heavy (non-hydrogen) atoms. The van der Waals surface area contributed by atoms with Gasteiger partial charge in [-0.25, -0.2) is 14.4 Å². The number of benzene rings is 1. The Hall–Kier alpha value is -3.59. The fourth-order valence-electron chi connectivity index (χ4n) is 4.73. The lowest BCUT2D eigenvalue weighted by Crippen LogP contribution is -2.44. The normalized spacial score (nSPS) is 18.7. The number of H-pyrrole nitrogens is 1. The van der Waals surface area contributed by atoms with Crippen LogP contribution in [0.4, 0.5) is 10.2 Å². The van der Waals surface area contributed by atoms with Crippen molar-refractivity contribution in [3.05, 3.63) is 59.6 Å². The molecule has 4 aromatic rings. The van der Waals surface area contributed by atoms with Gasteiger partial charge in [-0.3, -0.25) is 9.67 Å².